The first kappa shape index (κ1) is 17.2. The molecule has 1 aromatic heterocycles. The van der Waals surface area contributed by atoms with E-state index < -0.39 is 0 Å². The summed E-state index contributed by atoms with van der Waals surface area (Å²) in [5.74, 6) is 0.653. The van der Waals surface area contributed by atoms with Crippen molar-refractivity contribution in [3.63, 3.8) is 0 Å². The number of thiophene rings is 1. The van der Waals surface area contributed by atoms with Crippen molar-refractivity contribution in [2.24, 2.45) is 0 Å². The predicted molar refractivity (Wildman–Crippen MR) is 104 cm³/mol. The van der Waals surface area contributed by atoms with Gasteiger partial charge in [0.2, 0.25) is 0 Å². The van der Waals surface area contributed by atoms with Crippen molar-refractivity contribution < 1.29 is 9.53 Å². The van der Waals surface area contributed by atoms with Crippen LogP contribution in [0.1, 0.15) is 27.7 Å². The van der Waals surface area contributed by atoms with E-state index in [4.69, 9.17) is 4.74 Å². The zero-order valence-electron chi connectivity index (χ0n) is 14.4. The minimum Gasteiger partial charge on any atom is -0.497 e. The van der Waals surface area contributed by atoms with Crippen LogP contribution < -0.4 is 9.64 Å². The molecule has 0 aliphatic rings. The zero-order valence-corrected chi connectivity index (χ0v) is 15.3. The highest BCUT2D eigenvalue weighted by atomic mass is 32.1. The van der Waals surface area contributed by atoms with Gasteiger partial charge in [0, 0.05) is 16.1 Å². The second-order valence-corrected chi connectivity index (χ2v) is 6.75. The molecule has 1 heterocycles. The van der Waals surface area contributed by atoms with Crippen LogP contribution in [0.25, 0.3) is 0 Å². The average Bonchev–Trinajstić information content (AvgIpc) is 3.19. The number of nitrogens with zero attached hydrogens (tertiary/aromatic N) is 1. The van der Waals surface area contributed by atoms with Gasteiger partial charge in [0.25, 0.3) is 5.91 Å². The summed E-state index contributed by atoms with van der Waals surface area (Å²) in [6.45, 7) is 2.68. The minimum atomic E-state index is -0.0310. The van der Waals surface area contributed by atoms with Crippen LogP contribution in [0.5, 0.6) is 5.75 Å². The van der Waals surface area contributed by atoms with E-state index >= 15 is 0 Å². The predicted octanol–water partition coefficient (Wildman–Crippen LogP) is 5.17. The second kappa shape index (κ2) is 7.99. The minimum absolute atomic E-state index is 0.0310. The first-order chi connectivity index (χ1) is 12.2. The van der Waals surface area contributed by atoms with Crippen molar-refractivity contribution in [2.45, 2.75) is 19.9 Å². The Morgan fingerprint density at radius 2 is 1.88 bits per heavy atom. The van der Waals surface area contributed by atoms with Gasteiger partial charge in [-0.2, -0.15) is 0 Å². The van der Waals surface area contributed by atoms with Gasteiger partial charge in [-0.1, -0.05) is 31.2 Å². The van der Waals surface area contributed by atoms with Crippen LogP contribution in [0.2, 0.25) is 0 Å². The fourth-order valence-corrected chi connectivity index (χ4v) is 3.35. The fraction of sp³-hybridized carbons (Fsp3) is 0.190. The number of rotatable bonds is 6. The molecule has 1 amide bonds. The summed E-state index contributed by atoms with van der Waals surface area (Å²) in [6.07, 6.45) is 0.981. The summed E-state index contributed by atoms with van der Waals surface area (Å²) in [6, 6.07) is 19.6. The number of carbonyl (C=O) groups is 1. The molecule has 0 spiro atoms. The summed E-state index contributed by atoms with van der Waals surface area (Å²) in [7, 11) is 1.61. The molecule has 0 radical (unpaired) electrons. The Hall–Kier alpha value is -2.59. The summed E-state index contributed by atoms with van der Waals surface area (Å²) in [5, 5.41) is 2.03. The standard InChI is InChI=1S/C21H21NO2S/c1-3-16-9-11-18(12-10-16)22(15-20-8-5-13-25-20)21(23)17-6-4-7-19(14-17)24-2/h4-14H,3,15H2,1-2H3. The van der Waals surface area contributed by atoms with Crippen molar-refractivity contribution in [3.05, 3.63) is 82.0 Å². The number of methoxy groups -OCH3 is 1. The molecule has 0 saturated carbocycles. The van der Waals surface area contributed by atoms with Crippen LogP contribution in [0.4, 0.5) is 5.69 Å². The molecular formula is C21H21NO2S. The molecule has 0 atom stereocenters. The Morgan fingerprint density at radius 1 is 1.08 bits per heavy atom. The van der Waals surface area contributed by atoms with E-state index in [1.807, 2.05) is 46.7 Å². The lowest BCUT2D eigenvalue weighted by molar-refractivity contribution is 0.0985. The SMILES string of the molecule is CCc1ccc(N(Cc2cccs2)C(=O)c2cccc(OC)c2)cc1. The number of ether oxygens (including phenoxy) is 1. The molecule has 0 unspecified atom stereocenters. The summed E-state index contributed by atoms with van der Waals surface area (Å²) in [4.78, 5) is 16.1. The maximum atomic E-state index is 13.2. The van der Waals surface area contributed by atoms with Crippen LogP contribution in [-0.4, -0.2) is 13.0 Å². The lowest BCUT2D eigenvalue weighted by Gasteiger charge is -2.23. The third-order valence-corrected chi connectivity index (χ3v) is 4.97. The molecule has 2 aromatic carbocycles. The van der Waals surface area contributed by atoms with Gasteiger partial charge < -0.3 is 9.64 Å². The monoisotopic (exact) mass is 351 g/mol. The number of benzene rings is 2. The van der Waals surface area contributed by atoms with Gasteiger partial charge >= 0.3 is 0 Å². The third kappa shape index (κ3) is 4.09. The van der Waals surface area contributed by atoms with Crippen molar-refractivity contribution in [2.75, 3.05) is 12.0 Å². The molecule has 3 aromatic rings. The first-order valence-corrected chi connectivity index (χ1v) is 9.16. The summed E-state index contributed by atoms with van der Waals surface area (Å²) < 4.78 is 5.26. The van der Waals surface area contributed by atoms with Crippen LogP contribution in [0.15, 0.2) is 66.0 Å². The normalized spacial score (nSPS) is 10.5. The second-order valence-electron chi connectivity index (χ2n) is 5.72. The number of amides is 1. The third-order valence-electron chi connectivity index (χ3n) is 4.11. The maximum Gasteiger partial charge on any atom is 0.258 e. The van der Waals surface area contributed by atoms with Crippen LogP contribution in [-0.2, 0) is 13.0 Å². The van der Waals surface area contributed by atoms with Gasteiger partial charge in [-0.25, -0.2) is 0 Å². The highest BCUT2D eigenvalue weighted by molar-refractivity contribution is 7.09. The van der Waals surface area contributed by atoms with Gasteiger partial charge in [0.05, 0.1) is 13.7 Å². The largest absolute Gasteiger partial charge is 0.497 e. The van der Waals surface area contributed by atoms with E-state index in [-0.39, 0.29) is 5.91 Å². The van der Waals surface area contributed by atoms with E-state index in [1.54, 1.807) is 24.5 Å². The average molecular weight is 351 g/mol. The van der Waals surface area contributed by atoms with E-state index in [0.29, 0.717) is 17.9 Å². The Kier molecular flexibility index (Phi) is 5.51. The van der Waals surface area contributed by atoms with Gasteiger partial charge in [-0.3, -0.25) is 4.79 Å². The smallest absolute Gasteiger partial charge is 0.258 e. The number of aryl methyl sites for hydroxylation is 1. The van der Waals surface area contributed by atoms with Crippen molar-refractivity contribution >= 4 is 22.9 Å². The van der Waals surface area contributed by atoms with Crippen molar-refractivity contribution in [1.29, 1.82) is 0 Å². The highest BCUT2D eigenvalue weighted by Gasteiger charge is 2.19. The Balaban J connectivity index is 1.95. The van der Waals surface area contributed by atoms with Crippen molar-refractivity contribution in [1.82, 2.24) is 0 Å². The maximum absolute atomic E-state index is 13.2. The number of anilines is 1. The summed E-state index contributed by atoms with van der Waals surface area (Å²) in [5.41, 5.74) is 2.78. The van der Waals surface area contributed by atoms with Crippen molar-refractivity contribution in [3.8, 4) is 5.75 Å². The lowest BCUT2D eigenvalue weighted by Crippen LogP contribution is -2.30. The van der Waals surface area contributed by atoms with Gasteiger partial charge in [-0.15, -0.1) is 11.3 Å². The molecule has 0 bridgehead atoms. The highest BCUT2D eigenvalue weighted by Crippen LogP contribution is 2.24. The number of carbonyl (C=O) groups excluding carboxylic acids is 1. The molecule has 0 aliphatic carbocycles. The molecule has 0 aliphatic heterocycles. The molecule has 3 nitrogen and oxygen atoms in total. The molecule has 0 saturated heterocycles. The fourth-order valence-electron chi connectivity index (χ4n) is 2.66. The van der Waals surface area contributed by atoms with Crippen LogP contribution in [0, 0.1) is 0 Å². The lowest BCUT2D eigenvalue weighted by atomic mass is 10.1. The van der Waals surface area contributed by atoms with E-state index in [2.05, 4.69) is 25.1 Å². The Labute approximate surface area is 152 Å². The molecular weight excluding hydrogens is 330 g/mol. The van der Waals surface area contributed by atoms with E-state index in [0.717, 1.165) is 17.0 Å². The molecule has 3 rings (SSSR count). The number of hydrogen-bond donors (Lipinski definition) is 0. The molecule has 0 fully saturated rings. The summed E-state index contributed by atoms with van der Waals surface area (Å²) >= 11 is 1.66. The molecule has 25 heavy (non-hydrogen) atoms. The molecule has 128 valence electrons. The molecule has 4 heteroatoms. The number of hydrogen-bond acceptors (Lipinski definition) is 3. The van der Waals surface area contributed by atoms with Crippen LogP contribution >= 0.6 is 11.3 Å². The molecule has 0 N–H and O–H groups in total. The van der Waals surface area contributed by atoms with E-state index in [1.165, 1.54) is 5.56 Å². The van der Waals surface area contributed by atoms with Crippen LogP contribution in [0.3, 0.4) is 0 Å². The zero-order chi connectivity index (χ0) is 17.6. The Morgan fingerprint density at radius 3 is 2.52 bits per heavy atom. The quantitative estimate of drug-likeness (QED) is 0.613. The van der Waals surface area contributed by atoms with Gasteiger partial charge in [0.15, 0.2) is 0 Å². The van der Waals surface area contributed by atoms with Gasteiger partial charge in [0.1, 0.15) is 5.75 Å². The van der Waals surface area contributed by atoms with Gasteiger partial charge in [-0.05, 0) is 53.8 Å². The Bertz CT molecular complexity index is 825. The van der Waals surface area contributed by atoms with E-state index in [9.17, 15) is 4.79 Å². The first-order valence-electron chi connectivity index (χ1n) is 8.28. The topological polar surface area (TPSA) is 29.5 Å².